The molecule has 2 fully saturated rings. The van der Waals surface area contributed by atoms with Crippen LogP contribution in [-0.4, -0.2) is 23.1 Å². The lowest BCUT2D eigenvalue weighted by Crippen LogP contribution is -2.41. The maximum Gasteiger partial charge on any atom is 0.269 e. The number of halogens is 2. The highest BCUT2D eigenvalue weighted by atomic mass is 35.5. The van der Waals surface area contributed by atoms with Crippen LogP contribution in [0.2, 0.25) is 10.0 Å². The van der Waals surface area contributed by atoms with Crippen LogP contribution in [0.4, 0.5) is 5.69 Å². The molecule has 0 bridgehead atoms. The highest BCUT2D eigenvalue weighted by Gasteiger charge is 2.51. The number of anilines is 1. The third kappa shape index (κ3) is 2.66. The molecule has 2 aliphatic rings. The molecular weight excluding hydrogens is 363 g/mol. The normalized spacial score (nSPS) is 25.5. The lowest BCUT2D eigenvalue weighted by atomic mass is 9.92. The molecule has 2 saturated heterocycles. The SMILES string of the molecule is Cn1cc(N2C(=O)C3NNCC3C2c2ccc(Cl)cc2)cc(Cl)c1=O. The second kappa shape index (κ2) is 6.14. The molecular formula is C17H16Cl2N4O2. The number of nitrogens with one attached hydrogen (secondary N) is 2. The Morgan fingerprint density at radius 3 is 2.56 bits per heavy atom. The molecule has 0 radical (unpaired) electrons. The van der Waals surface area contributed by atoms with Gasteiger partial charge in [-0.1, -0.05) is 35.3 Å². The van der Waals surface area contributed by atoms with Crippen LogP contribution in [0.3, 0.4) is 0 Å². The number of hydrogen-bond donors (Lipinski definition) is 2. The summed E-state index contributed by atoms with van der Waals surface area (Å²) < 4.78 is 1.39. The zero-order valence-electron chi connectivity index (χ0n) is 13.4. The Hall–Kier alpha value is -1.86. The van der Waals surface area contributed by atoms with E-state index in [4.69, 9.17) is 23.2 Å². The van der Waals surface area contributed by atoms with Crippen LogP contribution in [0.25, 0.3) is 0 Å². The molecule has 0 saturated carbocycles. The van der Waals surface area contributed by atoms with Crippen LogP contribution in [0.15, 0.2) is 41.3 Å². The second-order valence-electron chi connectivity index (χ2n) is 6.33. The number of fused-ring (bicyclic) bond motifs is 1. The summed E-state index contributed by atoms with van der Waals surface area (Å²) in [6, 6.07) is 8.55. The first kappa shape index (κ1) is 16.6. The van der Waals surface area contributed by atoms with E-state index in [9.17, 15) is 9.59 Å². The van der Waals surface area contributed by atoms with Gasteiger partial charge in [-0.25, -0.2) is 5.43 Å². The topological polar surface area (TPSA) is 66.4 Å². The van der Waals surface area contributed by atoms with E-state index in [2.05, 4.69) is 10.9 Å². The third-order valence-corrected chi connectivity index (χ3v) is 5.35. The zero-order chi connectivity index (χ0) is 17.7. The van der Waals surface area contributed by atoms with Crippen molar-refractivity contribution in [3.8, 4) is 0 Å². The Labute approximate surface area is 154 Å². The van der Waals surface area contributed by atoms with E-state index in [0.717, 1.165) is 5.56 Å². The van der Waals surface area contributed by atoms with E-state index in [1.807, 2.05) is 24.3 Å². The second-order valence-corrected chi connectivity index (χ2v) is 7.18. The summed E-state index contributed by atoms with van der Waals surface area (Å²) in [4.78, 5) is 26.6. The maximum absolute atomic E-state index is 13.0. The first-order chi connectivity index (χ1) is 12.0. The number of benzene rings is 1. The van der Waals surface area contributed by atoms with E-state index in [1.165, 1.54) is 4.57 Å². The number of rotatable bonds is 2. The van der Waals surface area contributed by atoms with Crippen LogP contribution >= 0.6 is 23.2 Å². The quantitative estimate of drug-likeness (QED) is 0.836. The molecule has 6 nitrogen and oxygen atoms in total. The minimum absolute atomic E-state index is 0.0512. The van der Waals surface area contributed by atoms with Crippen molar-refractivity contribution in [2.45, 2.75) is 12.1 Å². The largest absolute Gasteiger partial charge is 0.315 e. The molecule has 3 heterocycles. The smallest absolute Gasteiger partial charge is 0.269 e. The van der Waals surface area contributed by atoms with Gasteiger partial charge in [0.25, 0.3) is 5.56 Å². The number of carbonyl (C=O) groups excluding carboxylic acids is 1. The first-order valence-electron chi connectivity index (χ1n) is 7.90. The lowest BCUT2D eigenvalue weighted by molar-refractivity contribution is -0.119. The van der Waals surface area contributed by atoms with Crippen LogP contribution in [0, 0.1) is 5.92 Å². The Bertz CT molecular complexity index is 870. The van der Waals surface area contributed by atoms with Crippen LogP contribution in [-0.2, 0) is 11.8 Å². The molecule has 1 amide bonds. The predicted octanol–water partition coefficient (Wildman–Crippen LogP) is 1.87. The molecule has 2 aliphatic heterocycles. The molecule has 1 aromatic carbocycles. The number of hydrazine groups is 1. The molecule has 2 aromatic rings. The molecule has 0 spiro atoms. The van der Waals surface area contributed by atoms with Gasteiger partial charge in [0.2, 0.25) is 5.91 Å². The van der Waals surface area contributed by atoms with Gasteiger partial charge < -0.3 is 9.47 Å². The minimum atomic E-state index is -0.323. The summed E-state index contributed by atoms with van der Waals surface area (Å²) >= 11 is 12.1. The minimum Gasteiger partial charge on any atom is -0.315 e. The maximum atomic E-state index is 13.0. The van der Waals surface area contributed by atoms with Gasteiger partial charge >= 0.3 is 0 Å². The summed E-state index contributed by atoms with van der Waals surface area (Å²) in [6.45, 7) is 0.666. The average molecular weight is 379 g/mol. The Morgan fingerprint density at radius 1 is 1.16 bits per heavy atom. The van der Waals surface area contributed by atoms with Gasteiger partial charge in [-0.2, -0.15) is 0 Å². The number of amides is 1. The van der Waals surface area contributed by atoms with Gasteiger partial charge in [-0.05, 0) is 23.8 Å². The number of carbonyl (C=O) groups is 1. The molecule has 0 aliphatic carbocycles. The molecule has 4 rings (SSSR count). The highest BCUT2D eigenvalue weighted by molar-refractivity contribution is 6.31. The van der Waals surface area contributed by atoms with E-state index in [-0.39, 0.29) is 34.5 Å². The van der Waals surface area contributed by atoms with Crippen molar-refractivity contribution in [1.29, 1.82) is 0 Å². The number of nitrogens with zero attached hydrogens (tertiary/aromatic N) is 2. The molecule has 1 aromatic heterocycles. The molecule has 25 heavy (non-hydrogen) atoms. The molecule has 8 heteroatoms. The molecule has 130 valence electrons. The highest BCUT2D eigenvalue weighted by Crippen LogP contribution is 2.42. The molecule has 3 atom stereocenters. The van der Waals surface area contributed by atoms with Gasteiger partial charge in [-0.3, -0.25) is 15.0 Å². The van der Waals surface area contributed by atoms with Crippen molar-refractivity contribution >= 4 is 34.8 Å². The van der Waals surface area contributed by atoms with E-state index < -0.39 is 0 Å². The van der Waals surface area contributed by atoms with Crippen molar-refractivity contribution in [2.75, 3.05) is 11.4 Å². The van der Waals surface area contributed by atoms with Crippen molar-refractivity contribution in [2.24, 2.45) is 13.0 Å². The number of pyridine rings is 1. The fraction of sp³-hybridized carbons (Fsp3) is 0.294. The standard InChI is InChI=1S/C17H16Cl2N4O2/c1-22-8-11(6-13(19)16(22)24)23-15(9-2-4-10(18)5-3-9)12-7-20-21-14(12)17(23)25/h2-6,8,12,14-15,20-21H,7H2,1H3. The zero-order valence-corrected chi connectivity index (χ0v) is 14.9. The predicted molar refractivity (Wildman–Crippen MR) is 96.8 cm³/mol. The summed E-state index contributed by atoms with van der Waals surface area (Å²) in [6.07, 6.45) is 1.64. The first-order valence-corrected chi connectivity index (χ1v) is 8.66. The molecule has 2 N–H and O–H groups in total. The summed E-state index contributed by atoms with van der Waals surface area (Å²) in [5.41, 5.74) is 7.42. The Morgan fingerprint density at radius 2 is 1.88 bits per heavy atom. The number of aromatic nitrogens is 1. The number of hydrogen-bond acceptors (Lipinski definition) is 4. The summed E-state index contributed by atoms with van der Waals surface area (Å²) in [5, 5.41) is 0.731. The fourth-order valence-corrected chi connectivity index (χ4v) is 4.03. The molecule has 3 unspecified atom stereocenters. The van der Waals surface area contributed by atoms with Gasteiger partial charge in [0.15, 0.2) is 0 Å². The average Bonchev–Trinajstić information content (AvgIpc) is 3.15. The van der Waals surface area contributed by atoms with Gasteiger partial charge in [0.05, 0.1) is 11.7 Å². The van der Waals surface area contributed by atoms with E-state index in [1.54, 1.807) is 24.2 Å². The van der Waals surface area contributed by atoms with Crippen LogP contribution in [0.5, 0.6) is 0 Å². The van der Waals surface area contributed by atoms with Crippen molar-refractivity contribution in [1.82, 2.24) is 15.4 Å². The monoisotopic (exact) mass is 378 g/mol. The Kier molecular flexibility index (Phi) is 4.08. The van der Waals surface area contributed by atoms with Gasteiger partial charge in [-0.15, -0.1) is 0 Å². The van der Waals surface area contributed by atoms with Gasteiger partial charge in [0.1, 0.15) is 11.1 Å². The third-order valence-electron chi connectivity index (χ3n) is 4.83. The number of aryl methyl sites for hydroxylation is 1. The van der Waals surface area contributed by atoms with Crippen LogP contribution in [0.1, 0.15) is 11.6 Å². The van der Waals surface area contributed by atoms with Crippen molar-refractivity contribution in [3.63, 3.8) is 0 Å². The fourth-order valence-electron chi connectivity index (χ4n) is 3.66. The van der Waals surface area contributed by atoms with Crippen molar-refractivity contribution < 1.29 is 4.79 Å². The van der Waals surface area contributed by atoms with E-state index in [0.29, 0.717) is 17.3 Å². The lowest BCUT2D eigenvalue weighted by Gasteiger charge is -2.28. The summed E-state index contributed by atoms with van der Waals surface area (Å²) in [7, 11) is 1.62. The Balaban J connectivity index is 1.85. The van der Waals surface area contributed by atoms with Crippen LogP contribution < -0.4 is 21.3 Å². The van der Waals surface area contributed by atoms with Gasteiger partial charge in [0, 0.05) is 30.7 Å². The van der Waals surface area contributed by atoms with Crippen molar-refractivity contribution in [3.05, 3.63) is 62.5 Å². The van der Waals surface area contributed by atoms with E-state index >= 15 is 0 Å². The summed E-state index contributed by atoms with van der Waals surface area (Å²) in [5.74, 6) is 0.00866.